The van der Waals surface area contributed by atoms with Crippen molar-refractivity contribution in [3.63, 3.8) is 0 Å². The van der Waals surface area contributed by atoms with Gasteiger partial charge in [-0.15, -0.1) is 11.8 Å². The van der Waals surface area contributed by atoms with Crippen LogP contribution in [0.2, 0.25) is 0 Å². The number of rotatable bonds is 8. The zero-order chi connectivity index (χ0) is 26.9. The van der Waals surface area contributed by atoms with E-state index >= 15 is 0 Å². The first-order chi connectivity index (χ1) is 18.9. The van der Waals surface area contributed by atoms with Gasteiger partial charge < -0.3 is 29.7 Å². The Morgan fingerprint density at radius 2 is 1.95 bits per heavy atom. The summed E-state index contributed by atoms with van der Waals surface area (Å²) in [5.41, 5.74) is 1.53. The van der Waals surface area contributed by atoms with Crippen LogP contribution < -0.4 is 20.3 Å². The molecule has 4 heterocycles. The molecule has 10 nitrogen and oxygen atoms in total. The molecule has 2 unspecified atom stereocenters. The number of nitrogens with zero attached hydrogens (tertiary/aromatic N) is 3. The summed E-state index contributed by atoms with van der Waals surface area (Å²) in [5, 5.41) is 7.72. The molecular formula is C27H29N5O5S2. The number of methoxy groups -OCH3 is 2. The van der Waals surface area contributed by atoms with Crippen LogP contribution in [0.4, 0.5) is 10.8 Å². The van der Waals surface area contributed by atoms with Crippen LogP contribution in [0.1, 0.15) is 46.4 Å². The van der Waals surface area contributed by atoms with Gasteiger partial charge in [0.05, 0.1) is 70.7 Å². The van der Waals surface area contributed by atoms with Gasteiger partial charge in [0.1, 0.15) is 11.3 Å². The number of hydrogen-bond donors (Lipinski definition) is 2. The zero-order valence-electron chi connectivity index (χ0n) is 21.9. The molecule has 1 aromatic carbocycles. The SMILES string of the molecule is COc1ccc2nc(N3C4COCC3C4)sc2c1C(=O)Nc1cnc(SC)cc1C(=O)NC12CC(OC)(C1)C2. The van der Waals surface area contributed by atoms with Crippen LogP contribution in [-0.2, 0) is 9.47 Å². The molecule has 3 saturated carbocycles. The van der Waals surface area contributed by atoms with Crippen LogP contribution in [0.15, 0.2) is 29.4 Å². The topological polar surface area (TPSA) is 115 Å². The van der Waals surface area contributed by atoms with E-state index in [9.17, 15) is 9.59 Å². The lowest BCUT2D eigenvalue weighted by Crippen LogP contribution is -2.79. The maximum absolute atomic E-state index is 13.8. The Labute approximate surface area is 233 Å². The third-order valence-electron chi connectivity index (χ3n) is 8.50. The predicted molar refractivity (Wildman–Crippen MR) is 149 cm³/mol. The molecular weight excluding hydrogens is 538 g/mol. The van der Waals surface area contributed by atoms with E-state index in [2.05, 4.69) is 20.5 Å². The second-order valence-electron chi connectivity index (χ2n) is 10.9. The standard InChI is InChI=1S/C27H29N5O5S2/c1-35-19-5-4-17-22(39-25(30-17)32-14-6-15(32)10-37-9-14)21(19)24(34)29-18-8-28-20(38-3)7-16(18)23(33)31-26-11-27(12-26,13-26)36-2/h4-5,7-8,14-15H,6,9-13H2,1-3H3,(H,29,34)(H,31,33). The van der Waals surface area contributed by atoms with Crippen LogP contribution in [0.5, 0.6) is 5.75 Å². The normalized spacial score (nSPS) is 28.2. The Kier molecular flexibility index (Phi) is 5.82. The monoisotopic (exact) mass is 567 g/mol. The minimum absolute atomic E-state index is 0.0858. The highest BCUT2D eigenvalue weighted by Gasteiger charge is 2.69. The first-order valence-corrected chi connectivity index (χ1v) is 15.0. The number of carbonyl (C=O) groups is 2. The van der Waals surface area contributed by atoms with Crippen LogP contribution in [0, 0.1) is 0 Å². The average Bonchev–Trinajstić information content (AvgIpc) is 3.32. The largest absolute Gasteiger partial charge is 0.496 e. The summed E-state index contributed by atoms with van der Waals surface area (Å²) >= 11 is 2.92. The fourth-order valence-corrected chi connectivity index (χ4v) is 8.12. The van der Waals surface area contributed by atoms with E-state index in [-0.39, 0.29) is 23.0 Å². The van der Waals surface area contributed by atoms with Crippen molar-refractivity contribution in [3.8, 4) is 5.75 Å². The first kappa shape index (κ1) is 25.1. The van der Waals surface area contributed by atoms with Crippen molar-refractivity contribution < 1.29 is 23.8 Å². The Hall–Kier alpha value is -2.93. The number of thioether (sulfide) groups is 1. The van der Waals surface area contributed by atoms with Gasteiger partial charge in [0.2, 0.25) is 0 Å². The van der Waals surface area contributed by atoms with Crippen molar-refractivity contribution >= 4 is 55.9 Å². The molecule has 12 heteroatoms. The minimum Gasteiger partial charge on any atom is -0.496 e. The van der Waals surface area contributed by atoms with Gasteiger partial charge in [-0.2, -0.15) is 0 Å². The fraction of sp³-hybridized carbons (Fsp3) is 0.481. The van der Waals surface area contributed by atoms with Crippen molar-refractivity contribution in [1.82, 2.24) is 15.3 Å². The van der Waals surface area contributed by atoms with Crippen LogP contribution >= 0.6 is 23.1 Å². The number of amides is 2. The second kappa shape index (κ2) is 9.05. The van der Waals surface area contributed by atoms with E-state index in [1.165, 1.54) is 23.1 Å². The number of benzene rings is 1. The summed E-state index contributed by atoms with van der Waals surface area (Å²) in [6, 6.07) is 6.01. The quantitative estimate of drug-likeness (QED) is 0.393. The van der Waals surface area contributed by atoms with E-state index in [1.807, 2.05) is 12.3 Å². The Morgan fingerprint density at radius 1 is 1.18 bits per heavy atom. The summed E-state index contributed by atoms with van der Waals surface area (Å²) in [6.45, 7) is 1.39. The number of fused-ring (bicyclic) bond motifs is 3. The molecule has 5 fully saturated rings. The van der Waals surface area contributed by atoms with E-state index in [0.29, 0.717) is 52.9 Å². The van der Waals surface area contributed by atoms with Crippen molar-refractivity contribution in [2.45, 2.75) is 53.9 Å². The van der Waals surface area contributed by atoms with E-state index in [0.717, 1.165) is 41.0 Å². The molecule has 8 rings (SSSR count). The zero-order valence-corrected chi connectivity index (χ0v) is 23.5. The van der Waals surface area contributed by atoms with Crippen LogP contribution in [0.25, 0.3) is 10.2 Å². The molecule has 2 amide bonds. The molecule has 5 aliphatic rings. The number of pyridine rings is 1. The summed E-state index contributed by atoms with van der Waals surface area (Å²) in [6.07, 6.45) is 6.97. The van der Waals surface area contributed by atoms with Gasteiger partial charge >= 0.3 is 0 Å². The van der Waals surface area contributed by atoms with Gasteiger partial charge in [0, 0.05) is 12.6 Å². The third-order valence-corrected chi connectivity index (χ3v) is 10.2. The highest BCUT2D eigenvalue weighted by atomic mass is 32.2. The predicted octanol–water partition coefficient (Wildman–Crippen LogP) is 3.70. The molecule has 204 valence electrons. The summed E-state index contributed by atoms with van der Waals surface area (Å²) < 4.78 is 17.5. The average molecular weight is 568 g/mol. The highest BCUT2D eigenvalue weighted by Crippen LogP contribution is 2.62. The Morgan fingerprint density at radius 3 is 2.62 bits per heavy atom. The molecule has 3 aliphatic carbocycles. The van der Waals surface area contributed by atoms with Gasteiger partial charge in [-0.05, 0) is 50.1 Å². The maximum atomic E-state index is 13.8. The van der Waals surface area contributed by atoms with E-state index in [4.69, 9.17) is 19.2 Å². The number of morpholine rings is 1. The lowest BCUT2D eigenvalue weighted by molar-refractivity contribution is -0.233. The van der Waals surface area contributed by atoms with Gasteiger partial charge in [0.15, 0.2) is 5.13 Å². The lowest BCUT2D eigenvalue weighted by atomic mass is 9.46. The number of nitrogens with one attached hydrogen (secondary N) is 2. The van der Waals surface area contributed by atoms with Gasteiger partial charge in [-0.3, -0.25) is 9.59 Å². The molecule has 2 saturated heterocycles. The van der Waals surface area contributed by atoms with E-state index in [1.54, 1.807) is 32.5 Å². The van der Waals surface area contributed by atoms with Gasteiger partial charge in [0.25, 0.3) is 11.8 Å². The molecule has 0 spiro atoms. The summed E-state index contributed by atoms with van der Waals surface area (Å²) in [7, 11) is 3.26. The molecule has 3 aromatic rings. The molecule has 0 radical (unpaired) electrons. The van der Waals surface area contributed by atoms with Crippen LogP contribution in [-0.4, -0.2) is 78.7 Å². The Bertz CT molecular complexity index is 1480. The molecule has 2 aliphatic heterocycles. The van der Waals surface area contributed by atoms with Crippen molar-refractivity contribution in [1.29, 1.82) is 0 Å². The summed E-state index contributed by atoms with van der Waals surface area (Å²) in [4.78, 5) is 38.8. The first-order valence-electron chi connectivity index (χ1n) is 12.9. The van der Waals surface area contributed by atoms with E-state index < -0.39 is 0 Å². The third kappa shape index (κ3) is 3.91. The smallest absolute Gasteiger partial charge is 0.261 e. The fourth-order valence-electron chi connectivity index (χ4n) is 6.48. The molecule has 4 bridgehead atoms. The number of carbonyl (C=O) groups excluding carboxylic acids is 2. The molecule has 2 N–H and O–H groups in total. The second-order valence-corrected chi connectivity index (χ2v) is 12.7. The number of ether oxygens (including phenoxy) is 3. The van der Waals surface area contributed by atoms with Crippen molar-refractivity contribution in [2.24, 2.45) is 0 Å². The molecule has 2 aromatic heterocycles. The number of hydrogen-bond acceptors (Lipinski definition) is 10. The molecule has 2 atom stereocenters. The number of thiazole rings is 1. The lowest BCUT2D eigenvalue weighted by Gasteiger charge is -2.69. The molecule has 39 heavy (non-hydrogen) atoms. The van der Waals surface area contributed by atoms with Crippen molar-refractivity contribution in [3.05, 3.63) is 35.5 Å². The maximum Gasteiger partial charge on any atom is 0.261 e. The van der Waals surface area contributed by atoms with Gasteiger partial charge in [-0.1, -0.05) is 11.3 Å². The highest BCUT2D eigenvalue weighted by molar-refractivity contribution is 7.98. The number of anilines is 2. The number of aromatic nitrogens is 2. The van der Waals surface area contributed by atoms with Crippen molar-refractivity contribution in [2.75, 3.05) is 43.9 Å². The van der Waals surface area contributed by atoms with Crippen LogP contribution in [0.3, 0.4) is 0 Å². The summed E-state index contributed by atoms with van der Waals surface area (Å²) in [5.74, 6) is -0.165. The van der Waals surface area contributed by atoms with Gasteiger partial charge in [-0.25, -0.2) is 9.97 Å². The minimum atomic E-state index is -0.378. The Balaban J connectivity index is 1.19.